The molecule has 8 heteroatoms. The van der Waals surface area contributed by atoms with Gasteiger partial charge in [0.1, 0.15) is 11.3 Å². The number of rotatable bonds is 5. The van der Waals surface area contributed by atoms with E-state index in [9.17, 15) is 5.11 Å². The third-order valence-electron chi connectivity index (χ3n) is 5.06. The van der Waals surface area contributed by atoms with Gasteiger partial charge in [-0.15, -0.1) is 0 Å². The Bertz CT molecular complexity index is 1280. The zero-order valence-electron chi connectivity index (χ0n) is 16.3. The predicted octanol–water partition coefficient (Wildman–Crippen LogP) is 7.20. The van der Waals surface area contributed by atoms with E-state index in [1.54, 1.807) is 43.5 Å². The van der Waals surface area contributed by atoms with Crippen molar-refractivity contribution in [2.45, 2.75) is 19.4 Å². The van der Waals surface area contributed by atoms with E-state index >= 15 is 4.39 Å². The Hall–Kier alpha value is -2.60. The molecule has 2 aromatic carbocycles. The second-order valence-electron chi connectivity index (χ2n) is 6.92. The van der Waals surface area contributed by atoms with Crippen LogP contribution >= 0.6 is 34.8 Å². The first kappa shape index (κ1) is 21.6. The van der Waals surface area contributed by atoms with Crippen molar-refractivity contribution in [2.24, 2.45) is 0 Å². The lowest BCUT2D eigenvalue weighted by Gasteiger charge is -2.24. The largest absolute Gasteiger partial charge is 0.505 e. The van der Waals surface area contributed by atoms with Gasteiger partial charge in [0.05, 0.1) is 11.1 Å². The highest BCUT2D eigenvalue weighted by Crippen LogP contribution is 2.40. The zero-order valence-corrected chi connectivity index (χ0v) is 18.6. The van der Waals surface area contributed by atoms with Crippen LogP contribution in [0.1, 0.15) is 29.7 Å². The number of hydrogen-bond acceptors (Lipinski definition) is 4. The fourth-order valence-electron chi connectivity index (χ4n) is 3.50. The van der Waals surface area contributed by atoms with Crippen molar-refractivity contribution >= 4 is 51.5 Å². The Morgan fingerprint density at radius 3 is 2.61 bits per heavy atom. The molecule has 158 valence electrons. The van der Waals surface area contributed by atoms with E-state index in [1.165, 1.54) is 6.20 Å². The third-order valence-corrected chi connectivity index (χ3v) is 5.97. The summed E-state index contributed by atoms with van der Waals surface area (Å²) < 4.78 is 15.1. The number of pyridine rings is 2. The number of phenols is 1. The molecule has 0 amide bonds. The zero-order chi connectivity index (χ0) is 22.1. The number of hydrogen-bond donors (Lipinski definition) is 2. The van der Waals surface area contributed by atoms with Crippen molar-refractivity contribution in [1.29, 1.82) is 0 Å². The summed E-state index contributed by atoms with van der Waals surface area (Å²) in [6, 6.07) is 11.4. The Labute approximate surface area is 193 Å². The van der Waals surface area contributed by atoms with Crippen molar-refractivity contribution in [3.63, 3.8) is 0 Å². The standard InChI is InChI=1S/C23H17Cl3FN3O/c1-2-14-18(26)11-29-23(19(14)27)30-21(16-10-13(24)6-8-17(16)25)15-7-5-12-4-3-9-28-20(12)22(15)31/h3-11,21,31H,2H2,1H3,(H,29,30). The molecule has 2 N–H and O–H groups in total. The summed E-state index contributed by atoms with van der Waals surface area (Å²) in [5, 5.41) is 16.0. The van der Waals surface area contributed by atoms with E-state index in [2.05, 4.69) is 15.3 Å². The van der Waals surface area contributed by atoms with E-state index in [1.807, 2.05) is 12.1 Å². The van der Waals surface area contributed by atoms with Gasteiger partial charge in [0.2, 0.25) is 0 Å². The van der Waals surface area contributed by atoms with Gasteiger partial charge >= 0.3 is 0 Å². The van der Waals surface area contributed by atoms with Crippen molar-refractivity contribution in [2.75, 3.05) is 5.32 Å². The van der Waals surface area contributed by atoms with Gasteiger partial charge in [-0.1, -0.05) is 59.9 Å². The maximum absolute atomic E-state index is 15.1. The molecule has 0 bridgehead atoms. The normalized spacial score (nSPS) is 12.2. The van der Waals surface area contributed by atoms with Crippen LogP contribution in [0.15, 0.2) is 54.9 Å². The summed E-state index contributed by atoms with van der Waals surface area (Å²) >= 11 is 18.8. The van der Waals surface area contributed by atoms with Gasteiger partial charge in [0, 0.05) is 39.0 Å². The molecule has 0 saturated heterocycles. The van der Waals surface area contributed by atoms with Crippen molar-refractivity contribution < 1.29 is 9.50 Å². The lowest BCUT2D eigenvalue weighted by molar-refractivity contribution is 0.471. The van der Waals surface area contributed by atoms with Gasteiger partial charge in [0.25, 0.3) is 0 Å². The van der Waals surface area contributed by atoms with Crippen LogP contribution in [0.5, 0.6) is 5.75 Å². The molecule has 1 atom stereocenters. The SMILES string of the molecule is CCc1c(Cl)cnc(NC(c2cc(Cl)ccc2Cl)c2ccc3cccnc3c2O)c1F. The van der Waals surface area contributed by atoms with Gasteiger partial charge < -0.3 is 10.4 Å². The molecule has 0 aliphatic carbocycles. The van der Waals surface area contributed by atoms with Gasteiger partial charge in [-0.2, -0.15) is 0 Å². The quantitative estimate of drug-likeness (QED) is 0.320. The predicted molar refractivity (Wildman–Crippen MR) is 124 cm³/mol. The monoisotopic (exact) mass is 475 g/mol. The van der Waals surface area contributed by atoms with E-state index in [0.29, 0.717) is 38.7 Å². The summed E-state index contributed by atoms with van der Waals surface area (Å²) in [6.07, 6.45) is 3.38. The van der Waals surface area contributed by atoms with E-state index in [4.69, 9.17) is 34.8 Å². The molecule has 0 fully saturated rings. The van der Waals surface area contributed by atoms with Crippen LogP contribution < -0.4 is 5.32 Å². The summed E-state index contributed by atoms with van der Waals surface area (Å²) in [5.41, 5.74) is 1.77. The molecule has 4 aromatic rings. The summed E-state index contributed by atoms with van der Waals surface area (Å²) in [7, 11) is 0. The number of aromatic nitrogens is 2. The fraction of sp³-hybridized carbons (Fsp3) is 0.130. The lowest BCUT2D eigenvalue weighted by atomic mass is 9.96. The number of nitrogens with one attached hydrogen (secondary N) is 1. The van der Waals surface area contributed by atoms with Crippen LogP contribution in [0, 0.1) is 5.82 Å². The highest BCUT2D eigenvalue weighted by Gasteiger charge is 2.25. The molecule has 2 aromatic heterocycles. The number of fused-ring (bicyclic) bond motifs is 1. The molecule has 0 aliphatic rings. The number of anilines is 1. The van der Waals surface area contributed by atoms with Gasteiger partial charge in [-0.3, -0.25) is 4.98 Å². The second kappa shape index (κ2) is 8.87. The molecule has 1 unspecified atom stereocenters. The lowest BCUT2D eigenvalue weighted by Crippen LogP contribution is -2.16. The third kappa shape index (κ3) is 4.13. The molecule has 0 spiro atoms. The smallest absolute Gasteiger partial charge is 0.170 e. The first-order chi connectivity index (χ1) is 14.9. The van der Waals surface area contributed by atoms with E-state index in [-0.39, 0.29) is 16.6 Å². The van der Waals surface area contributed by atoms with Crippen LogP contribution in [0.3, 0.4) is 0 Å². The van der Waals surface area contributed by atoms with Gasteiger partial charge in [-0.25, -0.2) is 9.37 Å². The number of aromatic hydroxyl groups is 1. The fourth-order valence-corrected chi connectivity index (χ4v) is 4.17. The minimum atomic E-state index is -0.759. The molecular weight excluding hydrogens is 460 g/mol. The van der Waals surface area contributed by atoms with Gasteiger partial charge in [-0.05, 0) is 36.2 Å². The Morgan fingerprint density at radius 1 is 1.03 bits per heavy atom. The van der Waals surface area contributed by atoms with Crippen molar-refractivity contribution in [3.05, 3.63) is 92.4 Å². The first-order valence-electron chi connectivity index (χ1n) is 9.51. The highest BCUT2D eigenvalue weighted by atomic mass is 35.5. The molecule has 0 saturated carbocycles. The second-order valence-corrected chi connectivity index (χ2v) is 8.17. The van der Waals surface area contributed by atoms with E-state index in [0.717, 1.165) is 5.39 Å². The molecule has 4 nitrogen and oxygen atoms in total. The number of benzene rings is 2. The van der Waals surface area contributed by atoms with E-state index < -0.39 is 11.9 Å². The summed E-state index contributed by atoms with van der Waals surface area (Å²) in [5.74, 6) is -0.615. The molecule has 4 rings (SSSR count). The average molecular weight is 477 g/mol. The van der Waals surface area contributed by atoms with Crippen LogP contribution in [0.4, 0.5) is 10.2 Å². The first-order valence-corrected chi connectivity index (χ1v) is 10.6. The Morgan fingerprint density at radius 2 is 1.84 bits per heavy atom. The molecule has 2 heterocycles. The van der Waals surface area contributed by atoms with Crippen LogP contribution in [0.25, 0.3) is 10.9 Å². The molecule has 0 aliphatic heterocycles. The molecule has 0 radical (unpaired) electrons. The minimum Gasteiger partial charge on any atom is -0.505 e. The summed E-state index contributed by atoms with van der Waals surface area (Å²) in [6.45, 7) is 1.81. The number of nitrogens with zero attached hydrogens (tertiary/aromatic N) is 2. The van der Waals surface area contributed by atoms with Crippen LogP contribution in [0.2, 0.25) is 15.1 Å². The minimum absolute atomic E-state index is 0.0113. The summed E-state index contributed by atoms with van der Waals surface area (Å²) in [4.78, 5) is 8.41. The van der Waals surface area contributed by atoms with Crippen LogP contribution in [-0.2, 0) is 6.42 Å². The number of halogens is 4. The Balaban J connectivity index is 1.92. The Kier molecular flexibility index (Phi) is 6.19. The molecular formula is C23H17Cl3FN3O. The van der Waals surface area contributed by atoms with Crippen molar-refractivity contribution in [3.8, 4) is 5.75 Å². The maximum atomic E-state index is 15.1. The van der Waals surface area contributed by atoms with Gasteiger partial charge in [0.15, 0.2) is 11.6 Å². The molecule has 31 heavy (non-hydrogen) atoms. The number of phenolic OH excluding ortho intramolecular Hbond substituents is 1. The average Bonchev–Trinajstić information content (AvgIpc) is 2.76. The highest BCUT2D eigenvalue weighted by molar-refractivity contribution is 6.33. The van der Waals surface area contributed by atoms with Crippen LogP contribution in [-0.4, -0.2) is 15.1 Å². The maximum Gasteiger partial charge on any atom is 0.170 e. The topological polar surface area (TPSA) is 58.0 Å². The van der Waals surface area contributed by atoms with Crippen molar-refractivity contribution in [1.82, 2.24) is 9.97 Å².